The number of carbonyl (C=O) groups excluding carboxylic acids is 1. The van der Waals surface area contributed by atoms with Crippen LogP contribution in [0.4, 0.5) is 0 Å². The largest absolute Gasteiger partial charge is 0.483 e. The Morgan fingerprint density at radius 3 is 2.85 bits per heavy atom. The molecule has 7 nitrogen and oxygen atoms in total. The molecule has 108 valence electrons. The lowest BCUT2D eigenvalue weighted by Crippen LogP contribution is -2.53. The predicted octanol–water partition coefficient (Wildman–Crippen LogP) is -0.518. The number of nitrogens with zero attached hydrogens (tertiary/aromatic N) is 2. The number of pyridine rings is 1. The standard InChI is InChI=1S/C12H15N3O2.CH2O2/c16-12-8-17-11-6-14-5-10(11)15(12)7-9-1-3-13-4-2-9;2-1-3/h1-4,10-11,14H,5-8H2;1H,(H,2,3)/t10-,11-;/m1./s1. The van der Waals surface area contributed by atoms with E-state index in [1.165, 1.54) is 0 Å². The number of hydrogen-bond donors (Lipinski definition) is 2. The zero-order valence-electron chi connectivity index (χ0n) is 10.9. The molecule has 2 N–H and O–H groups in total. The van der Waals surface area contributed by atoms with E-state index in [0.717, 1.165) is 18.7 Å². The lowest BCUT2D eigenvalue weighted by Gasteiger charge is -2.36. The Morgan fingerprint density at radius 1 is 1.45 bits per heavy atom. The van der Waals surface area contributed by atoms with Crippen molar-refractivity contribution in [3.8, 4) is 0 Å². The molecular weight excluding hydrogens is 262 g/mol. The molecule has 0 radical (unpaired) electrons. The number of hydrogen-bond acceptors (Lipinski definition) is 5. The number of nitrogens with one attached hydrogen (secondary N) is 1. The van der Waals surface area contributed by atoms with Gasteiger partial charge in [-0.15, -0.1) is 0 Å². The minimum Gasteiger partial charge on any atom is -0.483 e. The Kier molecular flexibility index (Phi) is 5.03. The smallest absolute Gasteiger partial charge is 0.290 e. The van der Waals surface area contributed by atoms with Crippen LogP contribution in [-0.2, 0) is 20.9 Å². The highest BCUT2D eigenvalue weighted by atomic mass is 16.5. The van der Waals surface area contributed by atoms with Crippen molar-refractivity contribution in [3.63, 3.8) is 0 Å². The van der Waals surface area contributed by atoms with Crippen LogP contribution in [0, 0.1) is 0 Å². The third kappa shape index (κ3) is 3.31. The van der Waals surface area contributed by atoms with Crippen molar-refractivity contribution in [3.05, 3.63) is 30.1 Å². The first-order valence-electron chi connectivity index (χ1n) is 6.34. The van der Waals surface area contributed by atoms with Crippen LogP contribution in [0.2, 0.25) is 0 Å². The quantitative estimate of drug-likeness (QED) is 0.708. The zero-order valence-corrected chi connectivity index (χ0v) is 10.9. The van der Waals surface area contributed by atoms with E-state index in [-0.39, 0.29) is 31.1 Å². The molecular formula is C13H17N3O4. The average Bonchev–Trinajstić information content (AvgIpc) is 2.93. The van der Waals surface area contributed by atoms with E-state index < -0.39 is 0 Å². The van der Waals surface area contributed by atoms with Crippen molar-refractivity contribution in [1.82, 2.24) is 15.2 Å². The van der Waals surface area contributed by atoms with Gasteiger partial charge in [-0.05, 0) is 17.7 Å². The van der Waals surface area contributed by atoms with Crippen LogP contribution < -0.4 is 5.32 Å². The van der Waals surface area contributed by atoms with E-state index in [4.69, 9.17) is 14.6 Å². The van der Waals surface area contributed by atoms with Gasteiger partial charge in [0.1, 0.15) is 6.61 Å². The molecule has 1 amide bonds. The third-order valence-electron chi connectivity index (χ3n) is 3.37. The number of morpholine rings is 1. The van der Waals surface area contributed by atoms with Gasteiger partial charge in [0.05, 0.1) is 12.1 Å². The molecule has 3 rings (SSSR count). The molecule has 0 aromatic carbocycles. The SMILES string of the molecule is O=C1CO[C@@H]2CNC[C@H]2N1Cc1ccncc1.O=CO. The van der Waals surface area contributed by atoms with Gasteiger partial charge in [0.25, 0.3) is 6.47 Å². The van der Waals surface area contributed by atoms with Gasteiger partial charge in [-0.1, -0.05) is 0 Å². The Labute approximate surface area is 116 Å². The number of fused-ring (bicyclic) bond motifs is 1. The molecule has 7 heteroatoms. The van der Waals surface area contributed by atoms with Crippen molar-refractivity contribution >= 4 is 12.4 Å². The molecule has 2 aliphatic heterocycles. The third-order valence-corrected chi connectivity index (χ3v) is 3.37. The molecule has 2 aliphatic rings. The van der Waals surface area contributed by atoms with Gasteiger partial charge in [-0.2, -0.15) is 0 Å². The minimum absolute atomic E-state index is 0.0757. The van der Waals surface area contributed by atoms with Crippen molar-refractivity contribution in [1.29, 1.82) is 0 Å². The van der Waals surface area contributed by atoms with E-state index in [1.54, 1.807) is 12.4 Å². The summed E-state index contributed by atoms with van der Waals surface area (Å²) in [6.45, 7) is 2.26. The highest BCUT2D eigenvalue weighted by molar-refractivity contribution is 5.78. The topological polar surface area (TPSA) is 91.8 Å². The molecule has 0 saturated carbocycles. The highest BCUT2D eigenvalue weighted by Crippen LogP contribution is 2.20. The number of ether oxygens (including phenoxy) is 1. The van der Waals surface area contributed by atoms with Gasteiger partial charge in [0.2, 0.25) is 5.91 Å². The summed E-state index contributed by atoms with van der Waals surface area (Å²) < 4.78 is 5.52. The summed E-state index contributed by atoms with van der Waals surface area (Å²) >= 11 is 0. The van der Waals surface area contributed by atoms with Gasteiger partial charge < -0.3 is 20.1 Å². The lowest BCUT2D eigenvalue weighted by atomic mass is 10.1. The van der Waals surface area contributed by atoms with E-state index >= 15 is 0 Å². The zero-order chi connectivity index (χ0) is 14.4. The molecule has 0 unspecified atom stereocenters. The van der Waals surface area contributed by atoms with Gasteiger partial charge in [-0.3, -0.25) is 14.6 Å². The molecule has 1 aromatic heterocycles. The van der Waals surface area contributed by atoms with E-state index in [0.29, 0.717) is 6.54 Å². The molecule has 3 heterocycles. The van der Waals surface area contributed by atoms with Gasteiger partial charge in [-0.25, -0.2) is 0 Å². The van der Waals surface area contributed by atoms with Gasteiger partial charge >= 0.3 is 0 Å². The summed E-state index contributed by atoms with van der Waals surface area (Å²) in [4.78, 5) is 26.2. The molecule has 0 spiro atoms. The Balaban J connectivity index is 0.000000452. The summed E-state index contributed by atoms with van der Waals surface area (Å²) in [5.74, 6) is 0.0757. The van der Waals surface area contributed by atoms with Crippen LogP contribution in [0.15, 0.2) is 24.5 Å². The van der Waals surface area contributed by atoms with Crippen LogP contribution in [0.25, 0.3) is 0 Å². The minimum atomic E-state index is -0.250. The molecule has 20 heavy (non-hydrogen) atoms. The Morgan fingerprint density at radius 2 is 2.15 bits per heavy atom. The molecule has 2 fully saturated rings. The van der Waals surface area contributed by atoms with Crippen molar-refractivity contribution in [2.24, 2.45) is 0 Å². The second-order valence-corrected chi connectivity index (χ2v) is 4.56. The first-order valence-corrected chi connectivity index (χ1v) is 6.34. The van der Waals surface area contributed by atoms with Crippen molar-refractivity contribution in [2.45, 2.75) is 18.7 Å². The monoisotopic (exact) mass is 279 g/mol. The summed E-state index contributed by atoms with van der Waals surface area (Å²) in [7, 11) is 0. The molecule has 2 atom stereocenters. The molecule has 0 aliphatic carbocycles. The van der Waals surface area contributed by atoms with Crippen molar-refractivity contribution in [2.75, 3.05) is 19.7 Å². The number of amides is 1. The molecule has 1 aromatic rings. The number of carboxylic acid groups (broad SMARTS) is 1. The fourth-order valence-corrected chi connectivity index (χ4v) is 2.46. The highest BCUT2D eigenvalue weighted by Gasteiger charge is 2.39. The Bertz CT molecular complexity index is 454. The second kappa shape index (κ2) is 6.97. The van der Waals surface area contributed by atoms with Crippen LogP contribution in [0.3, 0.4) is 0 Å². The summed E-state index contributed by atoms with van der Waals surface area (Å²) in [6, 6.07) is 4.06. The maximum Gasteiger partial charge on any atom is 0.290 e. The number of carbonyl (C=O) groups is 2. The second-order valence-electron chi connectivity index (χ2n) is 4.56. The lowest BCUT2D eigenvalue weighted by molar-refractivity contribution is -0.153. The van der Waals surface area contributed by atoms with Crippen molar-refractivity contribution < 1.29 is 19.4 Å². The predicted molar refractivity (Wildman–Crippen MR) is 69.9 cm³/mol. The number of rotatable bonds is 2. The normalized spacial score (nSPS) is 24.6. The van der Waals surface area contributed by atoms with Crippen LogP contribution in [0.5, 0.6) is 0 Å². The summed E-state index contributed by atoms with van der Waals surface area (Å²) in [5.41, 5.74) is 1.11. The first kappa shape index (κ1) is 14.4. The van der Waals surface area contributed by atoms with E-state index in [9.17, 15) is 4.79 Å². The van der Waals surface area contributed by atoms with E-state index in [2.05, 4.69) is 10.3 Å². The summed E-state index contributed by atoms with van der Waals surface area (Å²) in [5, 5.41) is 10.2. The molecule has 0 bridgehead atoms. The maximum atomic E-state index is 11.9. The number of aromatic nitrogens is 1. The van der Waals surface area contributed by atoms with E-state index in [1.807, 2.05) is 17.0 Å². The maximum absolute atomic E-state index is 11.9. The fraction of sp³-hybridized carbons (Fsp3) is 0.462. The fourth-order valence-electron chi connectivity index (χ4n) is 2.46. The van der Waals surface area contributed by atoms with Crippen LogP contribution in [0.1, 0.15) is 5.56 Å². The Hall–Kier alpha value is -1.99. The summed E-state index contributed by atoms with van der Waals surface area (Å²) in [6.07, 6.45) is 3.66. The van der Waals surface area contributed by atoms with Crippen LogP contribution in [-0.4, -0.2) is 59.2 Å². The van der Waals surface area contributed by atoms with Gasteiger partial charge in [0, 0.05) is 32.0 Å². The average molecular weight is 279 g/mol. The van der Waals surface area contributed by atoms with Crippen LogP contribution >= 0.6 is 0 Å². The first-order chi connectivity index (χ1) is 9.76. The molecule has 2 saturated heterocycles. The van der Waals surface area contributed by atoms with Gasteiger partial charge in [0.15, 0.2) is 0 Å².